The van der Waals surface area contributed by atoms with E-state index in [0.717, 1.165) is 40.8 Å². The van der Waals surface area contributed by atoms with E-state index in [1.165, 1.54) is 0 Å². The van der Waals surface area contributed by atoms with Crippen LogP contribution in [0, 0.1) is 0 Å². The van der Waals surface area contributed by atoms with Gasteiger partial charge in [0.2, 0.25) is 10.0 Å². The zero-order valence-electron chi connectivity index (χ0n) is 17.1. The second-order valence-corrected chi connectivity index (χ2v) is 10.1. The highest BCUT2D eigenvalue weighted by Gasteiger charge is 2.29. The average Bonchev–Trinajstić information content (AvgIpc) is 3.18. The van der Waals surface area contributed by atoms with Crippen LogP contribution < -0.4 is 0 Å². The molecular weight excluding hydrogens is 386 g/mol. The van der Waals surface area contributed by atoms with Gasteiger partial charge < -0.3 is 4.57 Å². The minimum Gasteiger partial charge on any atom is -0.328 e. The first-order chi connectivity index (χ1) is 13.9. The van der Waals surface area contributed by atoms with Crippen LogP contribution in [0.2, 0.25) is 0 Å². The fourth-order valence-electron chi connectivity index (χ4n) is 3.99. The Morgan fingerprint density at radius 1 is 1.24 bits per heavy atom. The van der Waals surface area contributed by atoms with Gasteiger partial charge in [-0.2, -0.15) is 0 Å². The SMILES string of the molecule is CCS(=O)(=O)N1CCC(c2cc3c(ncn3C(C)C)c(-c3cccnc3)n2)CC1. The molecule has 4 heterocycles. The first-order valence-electron chi connectivity index (χ1n) is 10.2. The minimum atomic E-state index is -3.13. The van der Waals surface area contributed by atoms with Gasteiger partial charge in [-0.25, -0.2) is 17.7 Å². The summed E-state index contributed by atoms with van der Waals surface area (Å²) in [4.78, 5) is 13.9. The van der Waals surface area contributed by atoms with Gasteiger partial charge in [-0.15, -0.1) is 0 Å². The molecule has 1 aliphatic heterocycles. The van der Waals surface area contributed by atoms with Crippen molar-refractivity contribution in [1.29, 1.82) is 0 Å². The van der Waals surface area contributed by atoms with Crippen molar-refractivity contribution in [2.24, 2.45) is 0 Å². The molecule has 0 N–H and O–H groups in total. The lowest BCUT2D eigenvalue weighted by Gasteiger charge is -2.31. The third-order valence-corrected chi connectivity index (χ3v) is 7.59. The Bertz CT molecular complexity index is 1100. The van der Waals surface area contributed by atoms with E-state index in [9.17, 15) is 8.42 Å². The molecule has 4 rings (SSSR count). The molecule has 154 valence electrons. The van der Waals surface area contributed by atoms with Gasteiger partial charge >= 0.3 is 0 Å². The van der Waals surface area contributed by atoms with Crippen molar-refractivity contribution in [3.8, 4) is 11.3 Å². The molecule has 0 radical (unpaired) electrons. The Hall–Kier alpha value is -2.32. The van der Waals surface area contributed by atoms with Crippen LogP contribution in [-0.2, 0) is 10.0 Å². The number of aromatic nitrogens is 4. The maximum Gasteiger partial charge on any atom is 0.213 e. The van der Waals surface area contributed by atoms with Crippen LogP contribution in [0.3, 0.4) is 0 Å². The normalized spacial score (nSPS) is 16.7. The summed E-state index contributed by atoms with van der Waals surface area (Å²) in [5.74, 6) is 0.384. The molecule has 1 aliphatic rings. The second kappa shape index (κ2) is 7.84. The van der Waals surface area contributed by atoms with Crippen molar-refractivity contribution in [2.45, 2.75) is 45.6 Å². The summed E-state index contributed by atoms with van der Waals surface area (Å²) in [5.41, 5.74) is 4.73. The van der Waals surface area contributed by atoms with Gasteiger partial charge in [-0.3, -0.25) is 9.97 Å². The number of piperidine rings is 1. The van der Waals surface area contributed by atoms with Crippen molar-refractivity contribution in [3.05, 3.63) is 42.6 Å². The van der Waals surface area contributed by atoms with Crippen LogP contribution >= 0.6 is 0 Å². The number of rotatable bonds is 5. The molecule has 0 aliphatic carbocycles. The van der Waals surface area contributed by atoms with E-state index in [-0.39, 0.29) is 17.7 Å². The second-order valence-electron chi connectivity index (χ2n) is 7.82. The fourth-order valence-corrected chi connectivity index (χ4v) is 5.12. The van der Waals surface area contributed by atoms with Crippen molar-refractivity contribution in [1.82, 2.24) is 23.8 Å². The molecule has 0 unspecified atom stereocenters. The number of pyridine rings is 2. The number of imidazole rings is 1. The van der Waals surface area contributed by atoms with Crippen LogP contribution in [0.5, 0.6) is 0 Å². The van der Waals surface area contributed by atoms with Gasteiger partial charge in [0.25, 0.3) is 0 Å². The van der Waals surface area contributed by atoms with Crippen molar-refractivity contribution >= 4 is 21.1 Å². The fraction of sp³-hybridized carbons (Fsp3) is 0.476. The Kier molecular flexibility index (Phi) is 5.40. The summed E-state index contributed by atoms with van der Waals surface area (Å²) < 4.78 is 28.2. The summed E-state index contributed by atoms with van der Waals surface area (Å²) in [6.07, 6.45) is 6.99. The van der Waals surface area contributed by atoms with E-state index in [2.05, 4.69) is 34.4 Å². The van der Waals surface area contributed by atoms with Crippen LogP contribution in [-0.4, -0.2) is 51.1 Å². The Morgan fingerprint density at radius 2 is 2.00 bits per heavy atom. The van der Waals surface area contributed by atoms with Crippen LogP contribution in [0.25, 0.3) is 22.3 Å². The van der Waals surface area contributed by atoms with Crippen LogP contribution in [0.4, 0.5) is 0 Å². The van der Waals surface area contributed by atoms with E-state index < -0.39 is 10.0 Å². The topological polar surface area (TPSA) is 81.0 Å². The number of nitrogens with zero attached hydrogens (tertiary/aromatic N) is 5. The van der Waals surface area contributed by atoms with Crippen molar-refractivity contribution in [2.75, 3.05) is 18.8 Å². The molecule has 7 nitrogen and oxygen atoms in total. The molecule has 1 fully saturated rings. The summed E-state index contributed by atoms with van der Waals surface area (Å²) in [5, 5.41) is 0. The summed E-state index contributed by atoms with van der Waals surface area (Å²) in [6.45, 7) is 7.07. The number of hydrogen-bond acceptors (Lipinski definition) is 5. The zero-order chi connectivity index (χ0) is 20.6. The van der Waals surface area contributed by atoms with Crippen molar-refractivity contribution < 1.29 is 8.42 Å². The van der Waals surface area contributed by atoms with E-state index >= 15 is 0 Å². The molecular formula is C21H27N5O2S. The number of hydrogen-bond donors (Lipinski definition) is 0. The highest BCUT2D eigenvalue weighted by atomic mass is 32.2. The first kappa shape index (κ1) is 20.0. The van der Waals surface area contributed by atoms with Crippen molar-refractivity contribution in [3.63, 3.8) is 0 Å². The molecule has 1 saturated heterocycles. The maximum atomic E-state index is 12.2. The Morgan fingerprint density at radius 3 is 2.62 bits per heavy atom. The smallest absolute Gasteiger partial charge is 0.213 e. The number of sulfonamides is 1. The zero-order valence-corrected chi connectivity index (χ0v) is 17.9. The summed E-state index contributed by atoms with van der Waals surface area (Å²) in [6, 6.07) is 6.33. The lowest BCUT2D eigenvalue weighted by Crippen LogP contribution is -2.38. The molecule has 0 aromatic carbocycles. The van der Waals surface area contributed by atoms with Gasteiger partial charge in [-0.1, -0.05) is 0 Å². The van der Waals surface area contributed by atoms with E-state index in [1.807, 2.05) is 24.7 Å². The van der Waals surface area contributed by atoms with E-state index in [0.29, 0.717) is 13.1 Å². The predicted octanol–water partition coefficient (Wildman–Crippen LogP) is 3.60. The Labute approximate surface area is 171 Å². The lowest BCUT2D eigenvalue weighted by atomic mass is 9.93. The first-order valence-corrected chi connectivity index (χ1v) is 11.8. The highest BCUT2D eigenvalue weighted by Crippen LogP contribution is 2.34. The molecule has 0 spiro atoms. The van der Waals surface area contributed by atoms with Gasteiger partial charge in [0.15, 0.2) is 0 Å². The standard InChI is InChI=1S/C21H27N5O2S/c1-4-29(27,28)25-10-7-16(8-11-25)18-12-19-21(23-14-26(19)15(2)3)20(24-18)17-6-5-9-22-13-17/h5-6,9,12-16H,4,7-8,10-11H2,1-3H3. The average molecular weight is 414 g/mol. The van der Waals surface area contributed by atoms with Gasteiger partial charge in [0.05, 0.1) is 23.3 Å². The third kappa shape index (κ3) is 3.79. The van der Waals surface area contributed by atoms with E-state index in [4.69, 9.17) is 4.98 Å². The van der Waals surface area contributed by atoms with Crippen LogP contribution in [0.1, 0.15) is 51.3 Å². The molecule has 3 aromatic rings. The molecule has 0 saturated carbocycles. The molecule has 3 aromatic heterocycles. The molecule has 8 heteroatoms. The van der Waals surface area contributed by atoms with Gasteiger partial charge in [-0.05, 0) is 51.8 Å². The summed E-state index contributed by atoms with van der Waals surface area (Å²) >= 11 is 0. The minimum absolute atomic E-state index is 0.153. The maximum absolute atomic E-state index is 12.2. The molecule has 0 amide bonds. The van der Waals surface area contributed by atoms with Gasteiger partial charge in [0, 0.05) is 48.7 Å². The molecule has 0 atom stereocenters. The molecule has 0 bridgehead atoms. The Balaban J connectivity index is 1.75. The predicted molar refractivity (Wildman–Crippen MR) is 114 cm³/mol. The highest BCUT2D eigenvalue weighted by molar-refractivity contribution is 7.89. The third-order valence-electron chi connectivity index (χ3n) is 5.70. The number of fused-ring (bicyclic) bond motifs is 1. The largest absolute Gasteiger partial charge is 0.328 e. The van der Waals surface area contributed by atoms with E-state index in [1.54, 1.807) is 17.4 Å². The van der Waals surface area contributed by atoms with Crippen LogP contribution in [0.15, 0.2) is 36.9 Å². The lowest BCUT2D eigenvalue weighted by molar-refractivity contribution is 0.317. The quantitative estimate of drug-likeness (QED) is 0.638. The monoisotopic (exact) mass is 413 g/mol. The summed E-state index contributed by atoms with van der Waals surface area (Å²) in [7, 11) is -3.13. The molecule has 29 heavy (non-hydrogen) atoms. The van der Waals surface area contributed by atoms with Gasteiger partial charge in [0.1, 0.15) is 5.52 Å².